The van der Waals surface area contributed by atoms with Gasteiger partial charge in [0.2, 0.25) is 0 Å². The highest BCUT2D eigenvalue weighted by atomic mass is 14.2. The average Bonchev–Trinajstić information content (AvgIpc) is 2.46. The molecule has 0 aliphatic heterocycles. The quantitative estimate of drug-likeness (QED) is 0.640. The van der Waals surface area contributed by atoms with Crippen LogP contribution in [0.4, 0.5) is 0 Å². The van der Waals surface area contributed by atoms with E-state index in [2.05, 4.69) is 74.5 Å². The van der Waals surface area contributed by atoms with Gasteiger partial charge in [0, 0.05) is 5.41 Å². The van der Waals surface area contributed by atoms with E-state index in [0.717, 1.165) is 0 Å². The molecule has 2 aromatic carbocycles. The van der Waals surface area contributed by atoms with Crippen molar-refractivity contribution in [2.24, 2.45) is 5.41 Å². The number of hydrogen-bond acceptors (Lipinski definition) is 0. The van der Waals surface area contributed by atoms with Gasteiger partial charge in [0.25, 0.3) is 0 Å². The number of hydrogen-bond donors (Lipinski definition) is 0. The summed E-state index contributed by atoms with van der Waals surface area (Å²) in [7, 11) is 0. The van der Waals surface area contributed by atoms with Crippen molar-refractivity contribution in [3.8, 4) is 0 Å². The predicted octanol–water partition coefficient (Wildman–Crippen LogP) is 3.00. The molecule has 0 atom stereocenters. The molecule has 0 heteroatoms. The van der Waals surface area contributed by atoms with E-state index in [1.807, 2.05) is 0 Å². The second-order valence-electron chi connectivity index (χ2n) is 5.28. The zero-order valence-electron chi connectivity index (χ0n) is 10.3. The standard InChI is InChI=1S/C17H16/c1-17(2)11-5-7-14-10-9-13-6-3-4-8-15(13)16(14)12-17/h3-12H,1-2H3. The van der Waals surface area contributed by atoms with Crippen LogP contribution in [0.5, 0.6) is 0 Å². The Kier molecular flexibility index (Phi) is 2.19. The van der Waals surface area contributed by atoms with E-state index in [1.165, 1.54) is 21.2 Å². The molecule has 0 radical (unpaired) electrons. The van der Waals surface area contributed by atoms with Gasteiger partial charge in [-0.25, -0.2) is 0 Å². The molecule has 0 fully saturated rings. The monoisotopic (exact) mass is 220 g/mol. The van der Waals surface area contributed by atoms with Crippen molar-refractivity contribution in [1.29, 1.82) is 0 Å². The van der Waals surface area contributed by atoms with Crippen LogP contribution in [0.15, 0.2) is 48.6 Å². The molecule has 0 unspecified atom stereocenters. The van der Waals surface area contributed by atoms with Gasteiger partial charge in [-0.05, 0) is 21.2 Å². The minimum Gasteiger partial charge on any atom is -0.0750 e. The smallest absolute Gasteiger partial charge is 0.00169 e. The van der Waals surface area contributed by atoms with Crippen molar-refractivity contribution >= 4 is 22.9 Å². The lowest BCUT2D eigenvalue weighted by Crippen LogP contribution is -2.26. The number of benzene rings is 2. The maximum atomic E-state index is 2.37. The fourth-order valence-corrected chi connectivity index (χ4v) is 2.44. The van der Waals surface area contributed by atoms with E-state index in [1.54, 1.807) is 0 Å². The highest BCUT2D eigenvalue weighted by Gasteiger charge is 2.11. The maximum Gasteiger partial charge on any atom is 0.00169 e. The minimum absolute atomic E-state index is 0.117. The van der Waals surface area contributed by atoms with Crippen molar-refractivity contribution in [2.75, 3.05) is 0 Å². The molecule has 0 heterocycles. The van der Waals surface area contributed by atoms with E-state index in [9.17, 15) is 0 Å². The first-order chi connectivity index (χ1) is 8.16. The third-order valence-corrected chi connectivity index (χ3v) is 3.32. The summed E-state index contributed by atoms with van der Waals surface area (Å²) in [5.74, 6) is 0. The van der Waals surface area contributed by atoms with Crippen molar-refractivity contribution in [3.63, 3.8) is 0 Å². The molecule has 0 aromatic heterocycles. The van der Waals surface area contributed by atoms with Crippen LogP contribution < -0.4 is 10.4 Å². The van der Waals surface area contributed by atoms with Crippen LogP contribution in [0.3, 0.4) is 0 Å². The number of fused-ring (bicyclic) bond motifs is 3. The fraction of sp³-hybridized carbons (Fsp3) is 0.176. The Balaban J connectivity index is 2.53. The zero-order chi connectivity index (χ0) is 11.9. The van der Waals surface area contributed by atoms with E-state index in [-0.39, 0.29) is 5.41 Å². The lowest BCUT2D eigenvalue weighted by Gasteiger charge is -2.13. The number of rotatable bonds is 0. The second kappa shape index (κ2) is 3.59. The molecule has 3 rings (SSSR count). The minimum atomic E-state index is 0.117. The predicted molar refractivity (Wildman–Crippen MR) is 75.0 cm³/mol. The molecule has 84 valence electrons. The lowest BCUT2D eigenvalue weighted by atomic mass is 9.91. The van der Waals surface area contributed by atoms with Gasteiger partial charge in [0.15, 0.2) is 0 Å². The van der Waals surface area contributed by atoms with Gasteiger partial charge in [-0.3, -0.25) is 0 Å². The van der Waals surface area contributed by atoms with Crippen LogP contribution in [0.25, 0.3) is 22.9 Å². The summed E-state index contributed by atoms with van der Waals surface area (Å²) in [6.07, 6.45) is 8.98. The molecule has 1 aliphatic rings. The molecule has 0 nitrogen and oxygen atoms in total. The molecular weight excluding hydrogens is 204 g/mol. The Bertz CT molecular complexity index is 715. The molecule has 0 N–H and O–H groups in total. The molecule has 0 saturated heterocycles. The zero-order valence-corrected chi connectivity index (χ0v) is 10.3. The Morgan fingerprint density at radius 3 is 2.65 bits per heavy atom. The first-order valence-corrected chi connectivity index (χ1v) is 6.06. The SMILES string of the molecule is CC1(C)C=CC=c2ccc3ccccc3c2=C1. The summed E-state index contributed by atoms with van der Waals surface area (Å²) in [5, 5.41) is 5.33. The summed E-state index contributed by atoms with van der Waals surface area (Å²) >= 11 is 0. The Morgan fingerprint density at radius 1 is 0.941 bits per heavy atom. The van der Waals surface area contributed by atoms with E-state index < -0.39 is 0 Å². The second-order valence-corrected chi connectivity index (χ2v) is 5.28. The normalized spacial score (nSPS) is 16.8. The van der Waals surface area contributed by atoms with Crippen LogP contribution in [0.2, 0.25) is 0 Å². The van der Waals surface area contributed by atoms with Crippen LogP contribution in [-0.2, 0) is 0 Å². The fourth-order valence-electron chi connectivity index (χ4n) is 2.44. The molecule has 0 amide bonds. The highest BCUT2D eigenvalue weighted by molar-refractivity contribution is 5.84. The van der Waals surface area contributed by atoms with Gasteiger partial charge in [-0.1, -0.05) is 74.5 Å². The molecule has 0 saturated carbocycles. The molecule has 2 aromatic rings. The van der Waals surface area contributed by atoms with Crippen molar-refractivity contribution in [1.82, 2.24) is 0 Å². The lowest BCUT2D eigenvalue weighted by molar-refractivity contribution is 0.671. The van der Waals surface area contributed by atoms with Crippen molar-refractivity contribution in [3.05, 3.63) is 59.0 Å². The first kappa shape index (κ1) is 10.3. The number of allylic oxidation sites excluding steroid dienone is 2. The Hall–Kier alpha value is -1.82. The highest BCUT2D eigenvalue weighted by Crippen LogP contribution is 2.20. The molecular formula is C17H16. The summed E-state index contributed by atoms with van der Waals surface area (Å²) in [4.78, 5) is 0. The summed E-state index contributed by atoms with van der Waals surface area (Å²) in [5.41, 5.74) is 0.117. The summed E-state index contributed by atoms with van der Waals surface area (Å²) < 4.78 is 0. The molecule has 17 heavy (non-hydrogen) atoms. The van der Waals surface area contributed by atoms with Crippen LogP contribution in [-0.4, -0.2) is 0 Å². The largest absolute Gasteiger partial charge is 0.0750 e. The molecule has 0 bridgehead atoms. The van der Waals surface area contributed by atoms with E-state index in [0.29, 0.717) is 0 Å². The average molecular weight is 220 g/mol. The van der Waals surface area contributed by atoms with Gasteiger partial charge in [0.05, 0.1) is 0 Å². The van der Waals surface area contributed by atoms with Gasteiger partial charge in [-0.2, -0.15) is 0 Å². The topological polar surface area (TPSA) is 0 Å². The third-order valence-electron chi connectivity index (χ3n) is 3.32. The van der Waals surface area contributed by atoms with Crippen LogP contribution in [0, 0.1) is 5.41 Å². The van der Waals surface area contributed by atoms with Crippen LogP contribution >= 0.6 is 0 Å². The summed E-state index contributed by atoms with van der Waals surface area (Å²) in [6, 6.07) is 13.0. The van der Waals surface area contributed by atoms with Gasteiger partial charge < -0.3 is 0 Å². The Labute approximate surface area is 102 Å². The Morgan fingerprint density at radius 2 is 1.76 bits per heavy atom. The van der Waals surface area contributed by atoms with E-state index >= 15 is 0 Å². The van der Waals surface area contributed by atoms with Gasteiger partial charge in [0.1, 0.15) is 0 Å². The van der Waals surface area contributed by atoms with Crippen molar-refractivity contribution < 1.29 is 0 Å². The first-order valence-electron chi connectivity index (χ1n) is 6.06. The molecule has 1 aliphatic carbocycles. The maximum absolute atomic E-state index is 2.37. The van der Waals surface area contributed by atoms with Crippen molar-refractivity contribution in [2.45, 2.75) is 13.8 Å². The van der Waals surface area contributed by atoms with E-state index in [4.69, 9.17) is 0 Å². The summed E-state index contributed by atoms with van der Waals surface area (Å²) in [6.45, 7) is 4.49. The van der Waals surface area contributed by atoms with Gasteiger partial charge in [-0.15, -0.1) is 0 Å². The van der Waals surface area contributed by atoms with Crippen LogP contribution in [0.1, 0.15) is 13.8 Å². The third kappa shape index (κ3) is 1.80. The molecule has 0 spiro atoms. The van der Waals surface area contributed by atoms with Gasteiger partial charge >= 0.3 is 0 Å².